The number of unbranched alkanes of at least 4 members (excludes halogenated alkanes) is 1. The van der Waals surface area contributed by atoms with E-state index in [0.29, 0.717) is 0 Å². The van der Waals surface area contributed by atoms with Crippen molar-refractivity contribution in [2.75, 3.05) is 6.54 Å². The molecule has 0 unspecified atom stereocenters. The van der Waals surface area contributed by atoms with E-state index >= 15 is 0 Å². The third-order valence-corrected chi connectivity index (χ3v) is 1.85. The zero-order valence-electron chi connectivity index (χ0n) is 7.80. The molecule has 0 fully saturated rings. The van der Waals surface area contributed by atoms with Crippen LogP contribution in [-0.2, 0) is 0 Å². The van der Waals surface area contributed by atoms with E-state index in [1.807, 2.05) is 25.3 Å². The molecule has 0 bridgehead atoms. The summed E-state index contributed by atoms with van der Waals surface area (Å²) in [7, 11) is 0. The minimum Gasteiger partial charge on any atom is -0.360 e. The zero-order valence-corrected chi connectivity index (χ0v) is 7.80. The van der Waals surface area contributed by atoms with Gasteiger partial charge in [0.15, 0.2) is 0 Å². The van der Waals surface area contributed by atoms with Crippen LogP contribution in [0.25, 0.3) is 0 Å². The predicted molar refractivity (Wildman–Crippen MR) is 52.8 cm³/mol. The van der Waals surface area contributed by atoms with Gasteiger partial charge in [0.2, 0.25) is 0 Å². The largest absolute Gasteiger partial charge is 0.360 e. The molecule has 0 aliphatic heterocycles. The highest BCUT2D eigenvalue weighted by atomic mass is 14.8. The van der Waals surface area contributed by atoms with Gasteiger partial charge in [-0.05, 0) is 25.5 Å². The van der Waals surface area contributed by atoms with Gasteiger partial charge in [0.05, 0.1) is 11.4 Å². The highest BCUT2D eigenvalue weighted by Gasteiger charge is 1.94. The van der Waals surface area contributed by atoms with Crippen LogP contribution in [0.5, 0.6) is 0 Å². The average Bonchev–Trinajstić information content (AvgIpc) is 2.56. The number of aromatic nitrogens is 1. The van der Waals surface area contributed by atoms with E-state index in [1.54, 1.807) is 0 Å². The van der Waals surface area contributed by atoms with Gasteiger partial charge in [0, 0.05) is 12.7 Å². The van der Waals surface area contributed by atoms with E-state index in [2.05, 4.69) is 16.9 Å². The molecule has 1 aromatic heterocycles. The Kier molecular flexibility index (Phi) is 3.58. The van der Waals surface area contributed by atoms with Crippen molar-refractivity contribution < 1.29 is 0 Å². The number of aliphatic imine (C=N–C) groups is 1. The summed E-state index contributed by atoms with van der Waals surface area (Å²) in [6, 6.07) is 4.04. The molecule has 0 saturated carbocycles. The molecule has 1 rings (SSSR count). The van der Waals surface area contributed by atoms with E-state index < -0.39 is 0 Å². The molecule has 2 heteroatoms. The monoisotopic (exact) mass is 164 g/mol. The number of rotatable bonds is 4. The first-order chi connectivity index (χ1) is 5.84. The van der Waals surface area contributed by atoms with Crippen LogP contribution in [0.4, 0.5) is 0 Å². The Morgan fingerprint density at radius 3 is 3.00 bits per heavy atom. The molecular weight excluding hydrogens is 148 g/mol. The number of H-pyrrole nitrogens is 1. The first-order valence-electron chi connectivity index (χ1n) is 4.49. The number of hydrogen-bond acceptors (Lipinski definition) is 1. The van der Waals surface area contributed by atoms with Gasteiger partial charge in [0.1, 0.15) is 0 Å². The number of aromatic amines is 1. The van der Waals surface area contributed by atoms with Crippen LogP contribution in [0.3, 0.4) is 0 Å². The summed E-state index contributed by atoms with van der Waals surface area (Å²) < 4.78 is 0. The first kappa shape index (κ1) is 9.04. The lowest BCUT2D eigenvalue weighted by Crippen LogP contribution is -1.96. The standard InChI is InChI=1S/C10H16N2/c1-3-4-7-11-9(2)10-6-5-8-12-10/h5-6,8,12H,3-4,7H2,1-2H3. The lowest BCUT2D eigenvalue weighted by atomic mass is 10.3. The first-order valence-corrected chi connectivity index (χ1v) is 4.49. The summed E-state index contributed by atoms with van der Waals surface area (Å²) in [6.45, 7) is 5.17. The van der Waals surface area contributed by atoms with Crippen molar-refractivity contribution in [2.45, 2.75) is 26.7 Å². The Bertz CT molecular complexity index is 234. The van der Waals surface area contributed by atoms with Gasteiger partial charge in [-0.1, -0.05) is 13.3 Å². The van der Waals surface area contributed by atoms with Crippen LogP contribution in [0.15, 0.2) is 23.3 Å². The molecule has 1 aromatic rings. The van der Waals surface area contributed by atoms with Crippen molar-refractivity contribution in [1.29, 1.82) is 0 Å². The fraction of sp³-hybridized carbons (Fsp3) is 0.500. The van der Waals surface area contributed by atoms with Crippen LogP contribution in [0.2, 0.25) is 0 Å². The fourth-order valence-electron chi connectivity index (χ4n) is 1.05. The van der Waals surface area contributed by atoms with E-state index in [0.717, 1.165) is 18.0 Å². The molecule has 2 nitrogen and oxygen atoms in total. The highest BCUT2D eigenvalue weighted by Crippen LogP contribution is 1.98. The molecule has 0 saturated heterocycles. The summed E-state index contributed by atoms with van der Waals surface area (Å²) >= 11 is 0. The Balaban J connectivity index is 2.47. The molecular formula is C10H16N2. The number of nitrogens with one attached hydrogen (secondary N) is 1. The minimum absolute atomic E-state index is 0.946. The normalized spacial score (nSPS) is 12.0. The zero-order chi connectivity index (χ0) is 8.81. The molecule has 0 aromatic carbocycles. The Hall–Kier alpha value is -1.05. The summed E-state index contributed by atoms with van der Waals surface area (Å²) in [5.41, 5.74) is 2.24. The topological polar surface area (TPSA) is 28.1 Å². The van der Waals surface area contributed by atoms with Crippen molar-refractivity contribution >= 4 is 5.71 Å². The lowest BCUT2D eigenvalue weighted by Gasteiger charge is -1.96. The van der Waals surface area contributed by atoms with Gasteiger partial charge in [-0.25, -0.2) is 0 Å². The Labute approximate surface area is 73.7 Å². The van der Waals surface area contributed by atoms with Crippen LogP contribution in [0.1, 0.15) is 32.4 Å². The molecule has 0 aliphatic carbocycles. The summed E-state index contributed by atoms with van der Waals surface area (Å²) in [6.07, 6.45) is 4.31. The molecule has 66 valence electrons. The maximum atomic E-state index is 4.44. The van der Waals surface area contributed by atoms with Crippen molar-refractivity contribution in [3.05, 3.63) is 24.0 Å². The van der Waals surface area contributed by atoms with Gasteiger partial charge in [-0.3, -0.25) is 4.99 Å². The smallest absolute Gasteiger partial charge is 0.0591 e. The van der Waals surface area contributed by atoms with Crippen molar-refractivity contribution in [3.63, 3.8) is 0 Å². The van der Waals surface area contributed by atoms with Gasteiger partial charge < -0.3 is 4.98 Å². The second-order valence-electron chi connectivity index (χ2n) is 2.90. The molecule has 0 radical (unpaired) electrons. The van der Waals surface area contributed by atoms with Crippen LogP contribution in [-0.4, -0.2) is 17.2 Å². The maximum Gasteiger partial charge on any atom is 0.0591 e. The third-order valence-electron chi connectivity index (χ3n) is 1.85. The number of hydrogen-bond donors (Lipinski definition) is 1. The molecule has 1 N–H and O–H groups in total. The summed E-state index contributed by atoms with van der Waals surface area (Å²) in [5.74, 6) is 0. The summed E-state index contributed by atoms with van der Waals surface area (Å²) in [4.78, 5) is 7.57. The van der Waals surface area contributed by atoms with E-state index in [1.165, 1.54) is 12.8 Å². The lowest BCUT2D eigenvalue weighted by molar-refractivity contribution is 0.807. The highest BCUT2D eigenvalue weighted by molar-refractivity contribution is 5.96. The average molecular weight is 164 g/mol. The molecule has 0 spiro atoms. The van der Waals surface area contributed by atoms with Crippen molar-refractivity contribution in [3.8, 4) is 0 Å². The SMILES string of the molecule is CCCCN=C(C)c1ccc[nH]1. The molecule has 12 heavy (non-hydrogen) atoms. The van der Waals surface area contributed by atoms with E-state index in [9.17, 15) is 0 Å². The second kappa shape index (κ2) is 4.75. The minimum atomic E-state index is 0.946. The second-order valence-corrected chi connectivity index (χ2v) is 2.90. The van der Waals surface area contributed by atoms with Crippen LogP contribution in [0, 0.1) is 0 Å². The molecule has 1 heterocycles. The van der Waals surface area contributed by atoms with Gasteiger partial charge in [-0.2, -0.15) is 0 Å². The van der Waals surface area contributed by atoms with Gasteiger partial charge >= 0.3 is 0 Å². The third kappa shape index (κ3) is 2.53. The predicted octanol–water partition coefficient (Wildman–Crippen LogP) is 2.62. The molecule has 0 aliphatic rings. The van der Waals surface area contributed by atoms with Gasteiger partial charge in [0.25, 0.3) is 0 Å². The Morgan fingerprint density at radius 2 is 2.42 bits per heavy atom. The fourth-order valence-corrected chi connectivity index (χ4v) is 1.05. The van der Waals surface area contributed by atoms with Crippen molar-refractivity contribution in [2.24, 2.45) is 4.99 Å². The van der Waals surface area contributed by atoms with Crippen LogP contribution >= 0.6 is 0 Å². The van der Waals surface area contributed by atoms with Gasteiger partial charge in [-0.15, -0.1) is 0 Å². The molecule has 0 atom stereocenters. The maximum absolute atomic E-state index is 4.44. The van der Waals surface area contributed by atoms with Crippen LogP contribution < -0.4 is 0 Å². The van der Waals surface area contributed by atoms with E-state index in [-0.39, 0.29) is 0 Å². The molecule has 0 amide bonds. The number of nitrogens with zero attached hydrogens (tertiary/aromatic N) is 1. The van der Waals surface area contributed by atoms with E-state index in [4.69, 9.17) is 0 Å². The Morgan fingerprint density at radius 1 is 1.58 bits per heavy atom. The van der Waals surface area contributed by atoms with Crippen molar-refractivity contribution in [1.82, 2.24) is 4.98 Å². The quantitative estimate of drug-likeness (QED) is 0.523. The summed E-state index contributed by atoms with van der Waals surface area (Å²) in [5, 5.41) is 0.